The lowest BCUT2D eigenvalue weighted by Gasteiger charge is -2.31. The summed E-state index contributed by atoms with van der Waals surface area (Å²) in [4.78, 5) is 26.4. The topological polar surface area (TPSA) is 74.6 Å². The van der Waals surface area contributed by atoms with Crippen molar-refractivity contribution in [1.82, 2.24) is 10.2 Å². The van der Waals surface area contributed by atoms with Crippen LogP contribution in [0.1, 0.15) is 25.0 Å². The van der Waals surface area contributed by atoms with E-state index in [9.17, 15) is 14.0 Å². The number of amides is 2. The number of likely N-dealkylation sites (tertiary alicyclic amines) is 1. The van der Waals surface area contributed by atoms with E-state index in [0.717, 1.165) is 31.7 Å². The van der Waals surface area contributed by atoms with Crippen molar-refractivity contribution < 1.29 is 18.4 Å². The molecule has 1 saturated heterocycles. The minimum absolute atomic E-state index is 0.0107. The summed E-state index contributed by atoms with van der Waals surface area (Å²) in [6, 6.07) is 9.75. The van der Waals surface area contributed by atoms with Crippen LogP contribution in [0, 0.1) is 11.7 Å². The second-order valence-corrected chi connectivity index (χ2v) is 6.69. The van der Waals surface area contributed by atoms with Crippen LogP contribution in [0.4, 0.5) is 10.1 Å². The van der Waals surface area contributed by atoms with Gasteiger partial charge < -0.3 is 20.0 Å². The number of benzene rings is 1. The Morgan fingerprint density at radius 1 is 1.15 bits per heavy atom. The molecule has 0 spiro atoms. The van der Waals surface area contributed by atoms with E-state index in [4.69, 9.17) is 4.42 Å². The molecule has 0 radical (unpaired) electrons. The first-order valence-corrected chi connectivity index (χ1v) is 9.18. The molecule has 144 valence electrons. The van der Waals surface area contributed by atoms with Crippen LogP contribution >= 0.6 is 0 Å². The minimum Gasteiger partial charge on any atom is -0.467 e. The monoisotopic (exact) mass is 373 g/mol. The van der Waals surface area contributed by atoms with Crippen LogP contribution in [0.5, 0.6) is 0 Å². The maximum atomic E-state index is 13.5. The second kappa shape index (κ2) is 9.32. The molecule has 1 aliphatic rings. The van der Waals surface area contributed by atoms with E-state index >= 15 is 0 Å². The molecule has 2 amide bonds. The zero-order chi connectivity index (χ0) is 19.1. The van der Waals surface area contributed by atoms with Crippen molar-refractivity contribution >= 4 is 17.5 Å². The van der Waals surface area contributed by atoms with Gasteiger partial charge in [0.1, 0.15) is 11.6 Å². The van der Waals surface area contributed by atoms with E-state index in [0.29, 0.717) is 19.5 Å². The molecule has 1 aliphatic heterocycles. The summed E-state index contributed by atoms with van der Waals surface area (Å²) >= 11 is 0. The fourth-order valence-electron chi connectivity index (χ4n) is 3.19. The average molecular weight is 373 g/mol. The largest absolute Gasteiger partial charge is 0.467 e. The molecule has 1 fully saturated rings. The van der Waals surface area contributed by atoms with Gasteiger partial charge in [0.05, 0.1) is 18.5 Å². The van der Waals surface area contributed by atoms with Gasteiger partial charge in [-0.1, -0.05) is 12.1 Å². The van der Waals surface area contributed by atoms with Gasteiger partial charge >= 0.3 is 0 Å². The van der Waals surface area contributed by atoms with Crippen LogP contribution in [-0.2, 0) is 16.1 Å². The number of hydrogen-bond acceptors (Lipinski definition) is 4. The average Bonchev–Trinajstić information content (AvgIpc) is 3.20. The number of rotatable bonds is 7. The van der Waals surface area contributed by atoms with Crippen molar-refractivity contribution in [2.75, 3.05) is 25.0 Å². The van der Waals surface area contributed by atoms with Gasteiger partial charge in [-0.2, -0.15) is 0 Å². The van der Waals surface area contributed by atoms with Crippen LogP contribution < -0.4 is 10.6 Å². The molecule has 1 aromatic carbocycles. The highest BCUT2D eigenvalue weighted by Gasteiger charge is 2.25. The van der Waals surface area contributed by atoms with Crippen LogP contribution in [0.15, 0.2) is 47.1 Å². The quantitative estimate of drug-likeness (QED) is 0.783. The molecule has 0 unspecified atom stereocenters. The first-order chi connectivity index (χ1) is 13.1. The summed E-state index contributed by atoms with van der Waals surface area (Å²) in [6.45, 7) is 2.54. The van der Waals surface area contributed by atoms with E-state index in [1.54, 1.807) is 30.5 Å². The molecule has 0 aliphatic carbocycles. The number of nitrogens with one attached hydrogen (secondary N) is 2. The highest BCUT2D eigenvalue weighted by atomic mass is 19.1. The van der Waals surface area contributed by atoms with Crippen LogP contribution in [0.3, 0.4) is 0 Å². The number of carbonyl (C=O) groups is 2. The zero-order valence-corrected chi connectivity index (χ0v) is 15.1. The lowest BCUT2D eigenvalue weighted by molar-refractivity contribution is -0.127. The smallest absolute Gasteiger partial charge is 0.225 e. The molecule has 0 bridgehead atoms. The summed E-state index contributed by atoms with van der Waals surface area (Å²) in [7, 11) is 0. The Morgan fingerprint density at radius 2 is 1.93 bits per heavy atom. The van der Waals surface area contributed by atoms with E-state index in [2.05, 4.69) is 15.5 Å². The van der Waals surface area contributed by atoms with Crippen molar-refractivity contribution in [3.05, 3.63) is 54.2 Å². The van der Waals surface area contributed by atoms with Gasteiger partial charge in [0, 0.05) is 18.9 Å². The maximum absolute atomic E-state index is 13.5. The Labute approximate surface area is 157 Å². The summed E-state index contributed by atoms with van der Waals surface area (Å²) in [5.41, 5.74) is 0.203. The van der Waals surface area contributed by atoms with Gasteiger partial charge in [-0.3, -0.25) is 9.59 Å². The summed E-state index contributed by atoms with van der Waals surface area (Å²) in [5, 5.41) is 5.49. The molecule has 0 saturated carbocycles. The zero-order valence-electron chi connectivity index (χ0n) is 15.1. The highest BCUT2D eigenvalue weighted by molar-refractivity contribution is 5.90. The fourth-order valence-corrected chi connectivity index (χ4v) is 3.19. The number of para-hydroxylation sites is 1. The number of carbonyl (C=O) groups excluding carboxylic acids is 2. The number of furan rings is 1. The van der Waals surface area contributed by atoms with E-state index in [-0.39, 0.29) is 23.4 Å². The second-order valence-electron chi connectivity index (χ2n) is 6.69. The predicted molar refractivity (Wildman–Crippen MR) is 99.4 cm³/mol. The Morgan fingerprint density at radius 3 is 2.63 bits per heavy atom. The van der Waals surface area contributed by atoms with Gasteiger partial charge in [-0.25, -0.2) is 4.39 Å². The molecule has 1 aromatic heterocycles. The Kier molecular flexibility index (Phi) is 6.59. The molecule has 0 atom stereocenters. The first-order valence-electron chi connectivity index (χ1n) is 9.18. The third kappa shape index (κ3) is 5.65. The van der Waals surface area contributed by atoms with Gasteiger partial charge in [-0.05, 0) is 50.2 Å². The molecular weight excluding hydrogens is 349 g/mol. The van der Waals surface area contributed by atoms with Gasteiger partial charge in [-0.15, -0.1) is 0 Å². The van der Waals surface area contributed by atoms with Crippen molar-refractivity contribution in [3.63, 3.8) is 0 Å². The van der Waals surface area contributed by atoms with Crippen LogP contribution in [-0.4, -0.2) is 36.3 Å². The number of hydrogen-bond donors (Lipinski definition) is 2. The SMILES string of the molecule is O=C(CCN1CCC(C(=O)NCc2ccco2)CC1)Nc1ccccc1F. The van der Waals surface area contributed by atoms with Gasteiger partial charge in [0.15, 0.2) is 0 Å². The third-order valence-electron chi connectivity index (χ3n) is 4.78. The lowest BCUT2D eigenvalue weighted by Crippen LogP contribution is -2.41. The number of nitrogens with zero attached hydrogens (tertiary/aromatic N) is 1. The van der Waals surface area contributed by atoms with Crippen molar-refractivity contribution in [2.24, 2.45) is 5.92 Å². The van der Waals surface area contributed by atoms with Gasteiger partial charge in [0.2, 0.25) is 11.8 Å². The summed E-state index contributed by atoms with van der Waals surface area (Å²) < 4.78 is 18.8. The molecule has 7 heteroatoms. The summed E-state index contributed by atoms with van der Waals surface area (Å²) in [6.07, 6.45) is 3.41. The van der Waals surface area contributed by atoms with Crippen molar-refractivity contribution in [2.45, 2.75) is 25.8 Å². The molecule has 6 nitrogen and oxygen atoms in total. The molecular formula is C20H24FN3O3. The number of halogens is 1. The Hall–Kier alpha value is -2.67. The Bertz CT molecular complexity index is 756. The van der Waals surface area contributed by atoms with E-state index < -0.39 is 5.82 Å². The number of piperidine rings is 1. The molecule has 3 rings (SSSR count). The van der Waals surface area contributed by atoms with Crippen molar-refractivity contribution in [1.29, 1.82) is 0 Å². The predicted octanol–water partition coefficient (Wildman–Crippen LogP) is 2.78. The normalized spacial score (nSPS) is 15.4. The standard InChI is InChI=1S/C20H24FN3O3/c21-17-5-1-2-6-18(17)23-19(25)9-12-24-10-7-15(8-11-24)20(26)22-14-16-4-3-13-27-16/h1-6,13,15H,7-12,14H2,(H,22,26)(H,23,25). The lowest BCUT2D eigenvalue weighted by atomic mass is 9.96. The van der Waals surface area contributed by atoms with Crippen LogP contribution in [0.2, 0.25) is 0 Å². The number of anilines is 1. The van der Waals surface area contributed by atoms with Crippen molar-refractivity contribution in [3.8, 4) is 0 Å². The molecule has 2 heterocycles. The third-order valence-corrected chi connectivity index (χ3v) is 4.78. The molecule has 2 N–H and O–H groups in total. The Balaban J connectivity index is 1.35. The van der Waals surface area contributed by atoms with Gasteiger partial charge in [0.25, 0.3) is 0 Å². The maximum Gasteiger partial charge on any atom is 0.225 e. The molecule has 27 heavy (non-hydrogen) atoms. The minimum atomic E-state index is -0.438. The fraction of sp³-hybridized carbons (Fsp3) is 0.400. The van der Waals surface area contributed by atoms with E-state index in [1.807, 2.05) is 6.07 Å². The van der Waals surface area contributed by atoms with Crippen LogP contribution in [0.25, 0.3) is 0 Å². The first kappa shape index (κ1) is 19.1. The molecule has 2 aromatic rings. The summed E-state index contributed by atoms with van der Waals surface area (Å²) in [5.74, 6) is 0.124. The van der Waals surface area contributed by atoms with E-state index in [1.165, 1.54) is 6.07 Å². The highest BCUT2D eigenvalue weighted by Crippen LogP contribution is 2.18.